The molecule has 0 heterocycles. The van der Waals surface area contributed by atoms with E-state index in [0.717, 1.165) is 4.31 Å². The number of rotatable bonds is 12. The van der Waals surface area contributed by atoms with E-state index in [1.165, 1.54) is 41.3 Å². The van der Waals surface area contributed by atoms with Gasteiger partial charge in [0.2, 0.25) is 11.8 Å². The second-order valence-electron chi connectivity index (χ2n) is 9.12. The molecule has 0 aliphatic rings. The van der Waals surface area contributed by atoms with Crippen molar-refractivity contribution in [3.05, 3.63) is 94.8 Å². The normalized spacial score (nSPS) is 12.0. The van der Waals surface area contributed by atoms with Gasteiger partial charge < -0.3 is 10.2 Å². The summed E-state index contributed by atoms with van der Waals surface area (Å²) in [6, 6.07) is 17.3. The zero-order valence-electron chi connectivity index (χ0n) is 22.2. The lowest BCUT2D eigenvalue weighted by Crippen LogP contribution is -2.52. The Kier molecular flexibility index (Phi) is 10.5. The predicted molar refractivity (Wildman–Crippen MR) is 151 cm³/mol. The van der Waals surface area contributed by atoms with E-state index in [-0.39, 0.29) is 17.3 Å². The number of halogens is 2. The van der Waals surface area contributed by atoms with E-state index in [0.29, 0.717) is 41.2 Å². The Morgan fingerprint density at radius 1 is 1.00 bits per heavy atom. The van der Waals surface area contributed by atoms with Gasteiger partial charge in [-0.1, -0.05) is 55.8 Å². The number of amides is 2. The van der Waals surface area contributed by atoms with Crippen molar-refractivity contribution in [3.8, 4) is 0 Å². The maximum Gasteiger partial charge on any atom is 0.264 e. The minimum atomic E-state index is -4.17. The monoisotopic (exact) mass is 573 g/mol. The summed E-state index contributed by atoms with van der Waals surface area (Å²) < 4.78 is 42.3. The van der Waals surface area contributed by atoms with Gasteiger partial charge in [0, 0.05) is 18.1 Å². The van der Waals surface area contributed by atoms with Crippen LogP contribution >= 0.6 is 11.6 Å². The van der Waals surface area contributed by atoms with E-state index in [9.17, 15) is 22.4 Å². The van der Waals surface area contributed by atoms with E-state index >= 15 is 0 Å². The van der Waals surface area contributed by atoms with Crippen LogP contribution in [0.5, 0.6) is 0 Å². The number of sulfonamides is 1. The van der Waals surface area contributed by atoms with Crippen LogP contribution in [0.3, 0.4) is 0 Å². The van der Waals surface area contributed by atoms with Gasteiger partial charge in [0.05, 0.1) is 10.6 Å². The number of carbonyl (C=O) groups excluding carboxylic acids is 2. The zero-order valence-corrected chi connectivity index (χ0v) is 23.8. The van der Waals surface area contributed by atoms with Crippen molar-refractivity contribution >= 4 is 39.1 Å². The molecule has 0 unspecified atom stereocenters. The number of carbonyl (C=O) groups is 2. The van der Waals surface area contributed by atoms with Crippen LogP contribution in [0.2, 0.25) is 5.02 Å². The van der Waals surface area contributed by atoms with Crippen LogP contribution in [0, 0.1) is 12.7 Å². The topological polar surface area (TPSA) is 86.8 Å². The first-order chi connectivity index (χ1) is 18.6. The van der Waals surface area contributed by atoms with Crippen molar-refractivity contribution in [2.75, 3.05) is 17.4 Å². The van der Waals surface area contributed by atoms with Crippen molar-refractivity contribution in [2.24, 2.45) is 0 Å². The van der Waals surface area contributed by atoms with Crippen LogP contribution in [0.1, 0.15) is 37.8 Å². The Morgan fingerprint density at radius 3 is 2.26 bits per heavy atom. The number of benzene rings is 3. The lowest BCUT2D eigenvalue weighted by Gasteiger charge is -2.33. The molecule has 10 heteroatoms. The predicted octanol–water partition coefficient (Wildman–Crippen LogP) is 5.32. The number of nitrogens with one attached hydrogen (secondary N) is 1. The number of hydrogen-bond acceptors (Lipinski definition) is 4. The maximum absolute atomic E-state index is 14.0. The van der Waals surface area contributed by atoms with Gasteiger partial charge in [0.15, 0.2) is 0 Å². The molecule has 3 aromatic rings. The molecule has 39 heavy (non-hydrogen) atoms. The fourth-order valence-corrected chi connectivity index (χ4v) is 5.93. The van der Waals surface area contributed by atoms with Crippen LogP contribution in [-0.4, -0.2) is 44.3 Å². The minimum Gasteiger partial charge on any atom is -0.354 e. The summed E-state index contributed by atoms with van der Waals surface area (Å²) in [5.41, 5.74) is 1.46. The summed E-state index contributed by atoms with van der Waals surface area (Å²) >= 11 is 6.13. The zero-order chi connectivity index (χ0) is 28.6. The molecule has 208 valence electrons. The summed E-state index contributed by atoms with van der Waals surface area (Å²) in [4.78, 5) is 28.4. The molecule has 1 N–H and O–H groups in total. The van der Waals surface area contributed by atoms with Gasteiger partial charge in [-0.15, -0.1) is 0 Å². The van der Waals surface area contributed by atoms with Crippen LogP contribution < -0.4 is 9.62 Å². The molecule has 0 saturated heterocycles. The summed E-state index contributed by atoms with van der Waals surface area (Å²) in [6.07, 6.45) is 1.01. The maximum atomic E-state index is 14.0. The summed E-state index contributed by atoms with van der Waals surface area (Å²) in [6.45, 7) is 5.29. The van der Waals surface area contributed by atoms with E-state index in [1.54, 1.807) is 50.2 Å². The van der Waals surface area contributed by atoms with Gasteiger partial charge in [-0.25, -0.2) is 12.8 Å². The van der Waals surface area contributed by atoms with E-state index < -0.39 is 34.3 Å². The van der Waals surface area contributed by atoms with Gasteiger partial charge in [0.1, 0.15) is 18.4 Å². The largest absolute Gasteiger partial charge is 0.354 e. The van der Waals surface area contributed by atoms with Crippen LogP contribution in [0.4, 0.5) is 10.1 Å². The van der Waals surface area contributed by atoms with Gasteiger partial charge in [-0.2, -0.15) is 0 Å². The highest BCUT2D eigenvalue weighted by Gasteiger charge is 2.34. The number of anilines is 1. The molecule has 0 saturated carbocycles. The van der Waals surface area contributed by atoms with Crippen molar-refractivity contribution < 1.29 is 22.4 Å². The first-order valence-corrected chi connectivity index (χ1v) is 14.6. The van der Waals surface area contributed by atoms with Crippen molar-refractivity contribution in [2.45, 2.75) is 51.1 Å². The summed E-state index contributed by atoms with van der Waals surface area (Å²) in [5.74, 6) is -1.34. The van der Waals surface area contributed by atoms with E-state index in [2.05, 4.69) is 5.32 Å². The summed E-state index contributed by atoms with van der Waals surface area (Å²) in [5, 5.41) is 3.26. The third-order valence-corrected chi connectivity index (χ3v) is 8.25. The molecule has 2 amide bonds. The number of aryl methyl sites for hydroxylation is 1. The van der Waals surface area contributed by atoms with Crippen LogP contribution in [0.25, 0.3) is 0 Å². The molecule has 0 fully saturated rings. The fraction of sp³-hybridized carbons (Fsp3) is 0.310. The fourth-order valence-electron chi connectivity index (χ4n) is 4.20. The van der Waals surface area contributed by atoms with Crippen molar-refractivity contribution in [1.29, 1.82) is 0 Å². The van der Waals surface area contributed by atoms with E-state index in [4.69, 9.17) is 11.6 Å². The second kappa shape index (κ2) is 13.6. The van der Waals surface area contributed by atoms with E-state index in [1.807, 2.05) is 6.92 Å². The molecule has 0 spiro atoms. The van der Waals surface area contributed by atoms with Gasteiger partial charge >= 0.3 is 0 Å². The van der Waals surface area contributed by atoms with Gasteiger partial charge in [0.25, 0.3) is 10.0 Å². The lowest BCUT2D eigenvalue weighted by atomic mass is 10.1. The highest BCUT2D eigenvalue weighted by atomic mass is 35.5. The summed E-state index contributed by atoms with van der Waals surface area (Å²) in [7, 11) is -4.17. The number of nitrogens with zero attached hydrogens (tertiary/aromatic N) is 2. The molecular formula is C29H33ClFN3O4S. The third kappa shape index (κ3) is 7.58. The second-order valence-corrected chi connectivity index (χ2v) is 11.4. The molecule has 3 rings (SSSR count). The Balaban J connectivity index is 2.07. The van der Waals surface area contributed by atoms with Crippen LogP contribution in [-0.2, 0) is 26.2 Å². The Morgan fingerprint density at radius 2 is 1.67 bits per heavy atom. The molecule has 0 bridgehead atoms. The first-order valence-electron chi connectivity index (χ1n) is 12.7. The minimum absolute atomic E-state index is 0.00398. The van der Waals surface area contributed by atoms with Gasteiger partial charge in [-0.05, 0) is 73.4 Å². The molecule has 7 nitrogen and oxygen atoms in total. The average Bonchev–Trinajstić information content (AvgIpc) is 2.92. The molecule has 0 aliphatic heterocycles. The lowest BCUT2D eigenvalue weighted by molar-refractivity contribution is -0.140. The highest BCUT2D eigenvalue weighted by Crippen LogP contribution is 2.29. The smallest absolute Gasteiger partial charge is 0.264 e. The molecule has 0 aromatic heterocycles. The standard InChI is InChI=1S/C29H33ClFN3O4S/c1-4-17-32-29(36)26(5-2)33(19-22-11-14-24(31)15-12-22)28(35)20-34(27-16-13-23(30)18-21(27)3)39(37,38)25-9-7-6-8-10-25/h6-16,18,26H,4-5,17,19-20H2,1-3H3,(H,32,36)/t26-/m0/s1. The van der Waals surface area contributed by atoms with Crippen molar-refractivity contribution in [1.82, 2.24) is 10.2 Å². The number of hydrogen-bond donors (Lipinski definition) is 1. The van der Waals surface area contributed by atoms with Crippen molar-refractivity contribution in [3.63, 3.8) is 0 Å². The Hall–Kier alpha value is -3.43. The van der Waals surface area contributed by atoms with Crippen LogP contribution in [0.15, 0.2) is 77.7 Å². The molecule has 0 aliphatic carbocycles. The SMILES string of the molecule is CCCNC(=O)[C@H](CC)N(Cc1ccc(F)cc1)C(=O)CN(c1ccc(Cl)cc1C)S(=O)(=O)c1ccccc1. The molecule has 1 atom stereocenters. The quantitative estimate of drug-likeness (QED) is 0.318. The Labute approximate surface area is 234 Å². The Bertz CT molecular complexity index is 1390. The highest BCUT2D eigenvalue weighted by molar-refractivity contribution is 7.92. The van der Waals surface area contributed by atoms with Gasteiger partial charge in [-0.3, -0.25) is 13.9 Å². The molecule has 3 aromatic carbocycles. The average molecular weight is 574 g/mol. The first kappa shape index (κ1) is 30.1. The third-order valence-electron chi connectivity index (χ3n) is 6.24. The molecular weight excluding hydrogens is 541 g/mol. The molecule has 0 radical (unpaired) electrons.